The van der Waals surface area contributed by atoms with E-state index < -0.39 is 0 Å². The molecule has 1 aromatic rings. The van der Waals surface area contributed by atoms with Gasteiger partial charge in [-0.05, 0) is 31.2 Å². The summed E-state index contributed by atoms with van der Waals surface area (Å²) in [6.07, 6.45) is 2.53. The van der Waals surface area contributed by atoms with Crippen molar-refractivity contribution in [2.24, 2.45) is 16.8 Å². The van der Waals surface area contributed by atoms with Gasteiger partial charge in [-0.2, -0.15) is 0 Å². The number of aliphatic imine (C=N–C) groups is 1. The van der Waals surface area contributed by atoms with Gasteiger partial charge in [0.05, 0.1) is 6.10 Å². The van der Waals surface area contributed by atoms with Crippen LogP contribution in [0.15, 0.2) is 35.3 Å². The Hall–Kier alpha value is -1.55. The lowest BCUT2D eigenvalue weighted by Crippen LogP contribution is -2.39. The van der Waals surface area contributed by atoms with Crippen molar-refractivity contribution >= 4 is 5.96 Å². The first kappa shape index (κ1) is 15.3. The van der Waals surface area contributed by atoms with Crippen molar-refractivity contribution < 1.29 is 4.74 Å². The summed E-state index contributed by atoms with van der Waals surface area (Å²) < 4.78 is 5.94. The van der Waals surface area contributed by atoms with Crippen molar-refractivity contribution in [1.82, 2.24) is 10.6 Å². The number of ether oxygens (including phenoxy) is 1. The predicted molar refractivity (Wildman–Crippen MR) is 89.9 cm³/mol. The largest absolute Gasteiger partial charge is 0.373 e. The molecule has 1 aliphatic heterocycles. The third-order valence-electron chi connectivity index (χ3n) is 4.60. The molecule has 0 spiro atoms. The zero-order valence-electron chi connectivity index (χ0n) is 13.6. The molecule has 4 unspecified atom stereocenters. The highest BCUT2D eigenvalue weighted by atomic mass is 16.5. The molecule has 4 atom stereocenters. The Morgan fingerprint density at radius 1 is 1.32 bits per heavy atom. The molecule has 4 heteroatoms. The van der Waals surface area contributed by atoms with E-state index in [0.717, 1.165) is 38.0 Å². The fourth-order valence-corrected chi connectivity index (χ4v) is 3.06. The van der Waals surface area contributed by atoms with Gasteiger partial charge in [-0.25, -0.2) is 0 Å². The quantitative estimate of drug-likeness (QED) is 0.649. The monoisotopic (exact) mass is 301 g/mol. The highest BCUT2D eigenvalue weighted by Gasteiger charge is 2.33. The Morgan fingerprint density at radius 3 is 2.77 bits per heavy atom. The molecule has 0 radical (unpaired) electrons. The van der Waals surface area contributed by atoms with Crippen LogP contribution in [-0.2, 0) is 4.74 Å². The van der Waals surface area contributed by atoms with Crippen molar-refractivity contribution in [1.29, 1.82) is 0 Å². The summed E-state index contributed by atoms with van der Waals surface area (Å²) in [6, 6.07) is 11.1. The van der Waals surface area contributed by atoms with Crippen molar-refractivity contribution in [3.8, 4) is 0 Å². The Kier molecular flexibility index (Phi) is 4.98. The van der Waals surface area contributed by atoms with E-state index in [9.17, 15) is 0 Å². The number of hydrogen-bond donors (Lipinski definition) is 2. The predicted octanol–water partition coefficient (Wildman–Crippen LogP) is 2.73. The Morgan fingerprint density at radius 2 is 2.09 bits per heavy atom. The van der Waals surface area contributed by atoms with E-state index in [-0.39, 0.29) is 6.10 Å². The second kappa shape index (κ2) is 7.14. The molecule has 1 saturated carbocycles. The molecule has 1 aliphatic carbocycles. The lowest BCUT2D eigenvalue weighted by molar-refractivity contribution is 0.0925. The van der Waals surface area contributed by atoms with Crippen LogP contribution in [0.4, 0.5) is 0 Å². The SMILES string of the molecule is CCNC(=NCC1CCOC1c1ccccc1)NC1CC1C. The molecule has 0 amide bonds. The summed E-state index contributed by atoms with van der Waals surface area (Å²) >= 11 is 0. The van der Waals surface area contributed by atoms with Crippen LogP contribution in [0, 0.1) is 11.8 Å². The van der Waals surface area contributed by atoms with Gasteiger partial charge in [0.15, 0.2) is 5.96 Å². The summed E-state index contributed by atoms with van der Waals surface area (Å²) in [6.45, 7) is 6.94. The van der Waals surface area contributed by atoms with Crippen molar-refractivity contribution in [2.75, 3.05) is 19.7 Å². The zero-order chi connectivity index (χ0) is 15.4. The fourth-order valence-electron chi connectivity index (χ4n) is 3.06. The van der Waals surface area contributed by atoms with Crippen LogP contribution in [0.3, 0.4) is 0 Å². The number of guanidine groups is 1. The molecule has 2 fully saturated rings. The van der Waals surface area contributed by atoms with Gasteiger partial charge in [0.2, 0.25) is 0 Å². The van der Waals surface area contributed by atoms with Crippen molar-refractivity contribution in [3.63, 3.8) is 0 Å². The van der Waals surface area contributed by atoms with Gasteiger partial charge in [0.1, 0.15) is 0 Å². The van der Waals surface area contributed by atoms with Crippen LogP contribution >= 0.6 is 0 Å². The first-order chi connectivity index (χ1) is 10.8. The first-order valence-electron chi connectivity index (χ1n) is 8.49. The smallest absolute Gasteiger partial charge is 0.191 e. The standard InChI is InChI=1S/C18H27N3O/c1-3-19-18(21-16-11-13(16)2)20-12-15-9-10-22-17(15)14-7-5-4-6-8-14/h4-8,13,15-17H,3,9-12H2,1-2H3,(H2,19,20,21). The normalized spacial score (nSPS) is 31.1. The molecular formula is C18H27N3O. The molecule has 120 valence electrons. The van der Waals surface area contributed by atoms with Crippen LogP contribution in [0.5, 0.6) is 0 Å². The first-order valence-corrected chi connectivity index (χ1v) is 8.49. The molecule has 2 aliphatic rings. The van der Waals surface area contributed by atoms with E-state index >= 15 is 0 Å². The van der Waals surface area contributed by atoms with Crippen LogP contribution in [0.25, 0.3) is 0 Å². The zero-order valence-corrected chi connectivity index (χ0v) is 13.6. The van der Waals surface area contributed by atoms with Gasteiger partial charge in [0.25, 0.3) is 0 Å². The summed E-state index contributed by atoms with van der Waals surface area (Å²) in [5, 5.41) is 6.87. The number of hydrogen-bond acceptors (Lipinski definition) is 2. The number of nitrogens with one attached hydrogen (secondary N) is 2. The Labute approximate surface area is 133 Å². The molecule has 0 bridgehead atoms. The van der Waals surface area contributed by atoms with Gasteiger partial charge in [0, 0.05) is 31.7 Å². The topological polar surface area (TPSA) is 45.7 Å². The molecule has 0 aromatic heterocycles. The highest BCUT2D eigenvalue weighted by molar-refractivity contribution is 5.80. The van der Waals surface area contributed by atoms with E-state index in [1.165, 1.54) is 12.0 Å². The third-order valence-corrected chi connectivity index (χ3v) is 4.60. The molecular weight excluding hydrogens is 274 g/mol. The summed E-state index contributed by atoms with van der Waals surface area (Å²) in [5.41, 5.74) is 1.27. The van der Waals surface area contributed by atoms with Crippen LogP contribution in [-0.4, -0.2) is 31.7 Å². The lowest BCUT2D eigenvalue weighted by atomic mass is 9.95. The molecule has 1 saturated heterocycles. The minimum Gasteiger partial charge on any atom is -0.373 e. The minimum absolute atomic E-state index is 0.188. The van der Waals surface area contributed by atoms with Crippen molar-refractivity contribution in [3.05, 3.63) is 35.9 Å². The van der Waals surface area contributed by atoms with Crippen LogP contribution < -0.4 is 10.6 Å². The Balaban J connectivity index is 1.61. The fraction of sp³-hybridized carbons (Fsp3) is 0.611. The van der Waals surface area contributed by atoms with Crippen LogP contribution in [0.1, 0.15) is 38.4 Å². The maximum absolute atomic E-state index is 5.94. The van der Waals surface area contributed by atoms with Gasteiger partial charge in [-0.1, -0.05) is 37.3 Å². The van der Waals surface area contributed by atoms with E-state index in [1.807, 2.05) is 0 Å². The second-order valence-electron chi connectivity index (χ2n) is 6.43. The van der Waals surface area contributed by atoms with E-state index in [2.05, 4.69) is 54.8 Å². The number of benzene rings is 1. The minimum atomic E-state index is 0.188. The van der Waals surface area contributed by atoms with Crippen molar-refractivity contribution in [2.45, 2.75) is 38.8 Å². The van der Waals surface area contributed by atoms with E-state index in [0.29, 0.717) is 12.0 Å². The molecule has 2 N–H and O–H groups in total. The van der Waals surface area contributed by atoms with E-state index in [1.54, 1.807) is 0 Å². The summed E-state index contributed by atoms with van der Waals surface area (Å²) in [4.78, 5) is 4.80. The molecule has 4 nitrogen and oxygen atoms in total. The number of nitrogens with zero attached hydrogens (tertiary/aromatic N) is 1. The lowest BCUT2D eigenvalue weighted by Gasteiger charge is -2.18. The van der Waals surface area contributed by atoms with Gasteiger partial charge in [-0.3, -0.25) is 4.99 Å². The second-order valence-corrected chi connectivity index (χ2v) is 6.43. The molecule has 22 heavy (non-hydrogen) atoms. The third kappa shape index (κ3) is 3.80. The molecule has 1 aromatic carbocycles. The summed E-state index contributed by atoms with van der Waals surface area (Å²) in [5.74, 6) is 2.20. The van der Waals surface area contributed by atoms with Gasteiger partial charge >= 0.3 is 0 Å². The van der Waals surface area contributed by atoms with E-state index in [4.69, 9.17) is 9.73 Å². The number of rotatable bonds is 5. The Bertz CT molecular complexity index is 502. The maximum Gasteiger partial charge on any atom is 0.191 e. The summed E-state index contributed by atoms with van der Waals surface area (Å²) in [7, 11) is 0. The molecule has 1 heterocycles. The van der Waals surface area contributed by atoms with Gasteiger partial charge < -0.3 is 15.4 Å². The molecule has 3 rings (SSSR count). The van der Waals surface area contributed by atoms with Gasteiger partial charge in [-0.15, -0.1) is 0 Å². The average molecular weight is 301 g/mol. The average Bonchev–Trinajstić information content (AvgIpc) is 3.03. The highest BCUT2D eigenvalue weighted by Crippen LogP contribution is 2.34. The van der Waals surface area contributed by atoms with Crippen LogP contribution in [0.2, 0.25) is 0 Å². The maximum atomic E-state index is 5.94.